The predicted molar refractivity (Wildman–Crippen MR) is 85.7 cm³/mol. The lowest BCUT2D eigenvalue weighted by Crippen LogP contribution is -2.01. The standard InChI is InChI=1S/C13H15N5O4S/c1-3-4-12-15-16-13(23)17(12)14-7-8-5-10(19)11(22-2)6-9(8)18(20)21/h5-7,19H,3-4H2,1-2H3,(H,16,23)/b14-7+. The molecule has 0 aliphatic rings. The van der Waals surface area contributed by atoms with E-state index in [0.717, 1.165) is 12.5 Å². The summed E-state index contributed by atoms with van der Waals surface area (Å²) in [6, 6.07) is 2.35. The van der Waals surface area contributed by atoms with Gasteiger partial charge in [0.2, 0.25) is 4.77 Å². The van der Waals surface area contributed by atoms with Gasteiger partial charge in [-0.3, -0.25) is 15.2 Å². The highest BCUT2D eigenvalue weighted by atomic mass is 32.1. The topological polar surface area (TPSA) is 119 Å². The van der Waals surface area contributed by atoms with Crippen LogP contribution in [-0.4, -0.2) is 38.2 Å². The molecule has 0 radical (unpaired) electrons. The molecular weight excluding hydrogens is 322 g/mol. The first-order valence-electron chi connectivity index (χ1n) is 6.74. The molecule has 2 aromatic rings. The molecule has 0 bridgehead atoms. The van der Waals surface area contributed by atoms with Gasteiger partial charge in [0.05, 0.1) is 29.9 Å². The quantitative estimate of drug-likeness (QED) is 0.361. The third-order valence-corrected chi connectivity index (χ3v) is 3.29. The summed E-state index contributed by atoms with van der Waals surface area (Å²) in [4.78, 5) is 10.6. The number of nitro benzene ring substituents is 1. The highest BCUT2D eigenvalue weighted by Crippen LogP contribution is 2.32. The van der Waals surface area contributed by atoms with Crippen LogP contribution in [-0.2, 0) is 6.42 Å². The van der Waals surface area contributed by atoms with Crippen LogP contribution in [0.3, 0.4) is 0 Å². The molecule has 10 heteroatoms. The van der Waals surface area contributed by atoms with Crippen molar-refractivity contribution in [1.29, 1.82) is 0 Å². The van der Waals surface area contributed by atoms with Crippen molar-refractivity contribution < 1.29 is 14.8 Å². The summed E-state index contributed by atoms with van der Waals surface area (Å²) in [7, 11) is 1.31. The molecule has 0 aliphatic heterocycles. The molecule has 0 amide bonds. The number of hydrogen-bond acceptors (Lipinski definition) is 7. The monoisotopic (exact) mass is 337 g/mol. The highest BCUT2D eigenvalue weighted by molar-refractivity contribution is 7.71. The highest BCUT2D eigenvalue weighted by Gasteiger charge is 2.17. The number of rotatable bonds is 6. The van der Waals surface area contributed by atoms with Crippen molar-refractivity contribution in [2.45, 2.75) is 19.8 Å². The predicted octanol–water partition coefficient (Wildman–Crippen LogP) is 2.40. The Hall–Kier alpha value is -2.75. The normalized spacial score (nSPS) is 11.0. The molecule has 9 nitrogen and oxygen atoms in total. The molecule has 0 aliphatic carbocycles. The van der Waals surface area contributed by atoms with E-state index in [1.807, 2.05) is 6.92 Å². The van der Waals surface area contributed by atoms with Crippen LogP contribution in [0.4, 0.5) is 5.69 Å². The fraction of sp³-hybridized carbons (Fsp3) is 0.308. The number of phenols is 1. The second-order valence-electron chi connectivity index (χ2n) is 4.59. The van der Waals surface area contributed by atoms with Crippen LogP contribution in [0.5, 0.6) is 11.5 Å². The van der Waals surface area contributed by atoms with Gasteiger partial charge in [0, 0.05) is 6.42 Å². The first-order valence-corrected chi connectivity index (χ1v) is 7.14. The van der Waals surface area contributed by atoms with Gasteiger partial charge in [-0.2, -0.15) is 14.9 Å². The molecule has 2 rings (SSSR count). The van der Waals surface area contributed by atoms with Gasteiger partial charge in [-0.15, -0.1) is 0 Å². The van der Waals surface area contributed by atoms with Crippen molar-refractivity contribution in [3.05, 3.63) is 38.4 Å². The number of aromatic hydroxyl groups is 1. The van der Waals surface area contributed by atoms with Crippen LogP contribution in [0.25, 0.3) is 0 Å². The van der Waals surface area contributed by atoms with Crippen LogP contribution in [0.1, 0.15) is 24.7 Å². The molecule has 0 unspecified atom stereocenters. The molecule has 2 N–H and O–H groups in total. The van der Waals surface area contributed by atoms with Crippen molar-refractivity contribution in [2.75, 3.05) is 7.11 Å². The summed E-state index contributed by atoms with van der Waals surface area (Å²) in [6.07, 6.45) is 2.75. The number of H-pyrrole nitrogens is 1. The van der Waals surface area contributed by atoms with E-state index in [9.17, 15) is 15.2 Å². The zero-order chi connectivity index (χ0) is 17.0. The SMILES string of the molecule is CCCc1n[nH]c(=S)n1/N=C/c1cc(O)c(OC)cc1[N+](=O)[O-]. The minimum atomic E-state index is -0.578. The van der Waals surface area contributed by atoms with E-state index in [-0.39, 0.29) is 27.5 Å². The van der Waals surface area contributed by atoms with Crippen LogP contribution in [0.15, 0.2) is 17.2 Å². The first kappa shape index (κ1) is 16.6. The fourth-order valence-electron chi connectivity index (χ4n) is 1.95. The van der Waals surface area contributed by atoms with Gasteiger partial charge in [-0.25, -0.2) is 0 Å². The lowest BCUT2D eigenvalue weighted by molar-refractivity contribution is -0.385. The van der Waals surface area contributed by atoms with Crippen molar-refractivity contribution >= 4 is 24.1 Å². The molecule has 1 aromatic heterocycles. The number of methoxy groups -OCH3 is 1. The number of hydrogen-bond donors (Lipinski definition) is 2. The van der Waals surface area contributed by atoms with Crippen LogP contribution < -0.4 is 4.74 Å². The molecule has 122 valence electrons. The lowest BCUT2D eigenvalue weighted by atomic mass is 10.1. The average molecular weight is 337 g/mol. The molecule has 0 saturated carbocycles. The van der Waals surface area contributed by atoms with E-state index in [4.69, 9.17) is 17.0 Å². The molecule has 0 saturated heterocycles. The molecule has 0 spiro atoms. The first-order chi connectivity index (χ1) is 11.0. The molecular formula is C13H15N5O4S. The summed E-state index contributed by atoms with van der Waals surface area (Å²) < 4.78 is 6.55. The number of nitrogens with zero attached hydrogens (tertiary/aromatic N) is 4. The van der Waals surface area contributed by atoms with Crippen LogP contribution >= 0.6 is 12.2 Å². The van der Waals surface area contributed by atoms with Gasteiger partial charge in [0.1, 0.15) is 0 Å². The number of aromatic nitrogens is 3. The lowest BCUT2D eigenvalue weighted by Gasteiger charge is -2.05. The van der Waals surface area contributed by atoms with E-state index in [1.165, 1.54) is 24.1 Å². The van der Waals surface area contributed by atoms with Gasteiger partial charge < -0.3 is 9.84 Å². The number of aromatic amines is 1. The summed E-state index contributed by atoms with van der Waals surface area (Å²) in [5, 5.41) is 31.8. The fourth-order valence-corrected chi connectivity index (χ4v) is 2.15. The summed E-state index contributed by atoms with van der Waals surface area (Å²) in [5.74, 6) is 0.415. The number of phenolic OH excluding ortho intramolecular Hbond substituents is 1. The Morgan fingerprint density at radius 2 is 2.35 bits per heavy atom. The maximum atomic E-state index is 11.2. The number of aryl methyl sites for hydroxylation is 1. The van der Waals surface area contributed by atoms with Gasteiger partial charge in [-0.05, 0) is 24.7 Å². The molecule has 1 aromatic carbocycles. The number of nitrogens with one attached hydrogen (secondary N) is 1. The second kappa shape index (κ2) is 7.01. The third kappa shape index (κ3) is 3.54. The molecule has 0 fully saturated rings. The van der Waals surface area contributed by atoms with Gasteiger partial charge in [0.25, 0.3) is 5.69 Å². The van der Waals surface area contributed by atoms with Crippen molar-refractivity contribution in [3.8, 4) is 11.5 Å². The zero-order valence-corrected chi connectivity index (χ0v) is 13.3. The molecule has 1 heterocycles. The van der Waals surface area contributed by atoms with E-state index >= 15 is 0 Å². The number of nitro groups is 1. The van der Waals surface area contributed by atoms with E-state index in [1.54, 1.807) is 0 Å². The van der Waals surface area contributed by atoms with Crippen molar-refractivity contribution in [3.63, 3.8) is 0 Å². The van der Waals surface area contributed by atoms with E-state index in [0.29, 0.717) is 12.2 Å². The largest absolute Gasteiger partial charge is 0.504 e. The maximum absolute atomic E-state index is 11.2. The Morgan fingerprint density at radius 3 is 2.96 bits per heavy atom. The van der Waals surface area contributed by atoms with Gasteiger partial charge in [0.15, 0.2) is 17.3 Å². The van der Waals surface area contributed by atoms with Crippen LogP contribution in [0, 0.1) is 14.9 Å². The number of benzene rings is 1. The van der Waals surface area contributed by atoms with E-state index in [2.05, 4.69) is 15.3 Å². The summed E-state index contributed by atoms with van der Waals surface area (Å²) >= 11 is 5.08. The Balaban J connectivity index is 2.47. The molecule has 0 atom stereocenters. The smallest absolute Gasteiger partial charge is 0.282 e. The summed E-state index contributed by atoms with van der Waals surface area (Å²) in [5.41, 5.74) is -0.116. The second-order valence-corrected chi connectivity index (χ2v) is 4.98. The van der Waals surface area contributed by atoms with E-state index < -0.39 is 4.92 Å². The average Bonchev–Trinajstić information content (AvgIpc) is 2.85. The summed E-state index contributed by atoms with van der Waals surface area (Å²) in [6.45, 7) is 1.98. The molecule has 23 heavy (non-hydrogen) atoms. The minimum Gasteiger partial charge on any atom is -0.504 e. The minimum absolute atomic E-state index is 0.0143. The number of ether oxygens (including phenoxy) is 1. The Morgan fingerprint density at radius 1 is 1.61 bits per heavy atom. The van der Waals surface area contributed by atoms with Crippen LogP contribution in [0.2, 0.25) is 0 Å². The van der Waals surface area contributed by atoms with Gasteiger partial charge in [-0.1, -0.05) is 6.92 Å². The maximum Gasteiger partial charge on any atom is 0.282 e. The zero-order valence-electron chi connectivity index (χ0n) is 12.5. The Bertz CT molecular complexity index is 811. The Kier molecular flexibility index (Phi) is 5.06. The van der Waals surface area contributed by atoms with Gasteiger partial charge >= 0.3 is 0 Å². The third-order valence-electron chi connectivity index (χ3n) is 3.03. The Labute approximate surface area is 136 Å². The van der Waals surface area contributed by atoms with Crippen molar-refractivity contribution in [1.82, 2.24) is 14.9 Å². The van der Waals surface area contributed by atoms with Crippen molar-refractivity contribution in [2.24, 2.45) is 5.10 Å².